The van der Waals surface area contributed by atoms with Gasteiger partial charge in [-0.15, -0.1) is 0 Å². The Hall–Kier alpha value is -2.66. The zero-order valence-corrected chi connectivity index (χ0v) is 17.0. The van der Waals surface area contributed by atoms with Crippen molar-refractivity contribution in [1.82, 2.24) is 9.88 Å². The van der Waals surface area contributed by atoms with Gasteiger partial charge in [-0.1, -0.05) is 18.2 Å². The maximum atomic E-state index is 5.50. The van der Waals surface area contributed by atoms with E-state index < -0.39 is 0 Å². The molecule has 3 aromatic rings. The second-order valence-electron chi connectivity index (χ2n) is 7.40. The summed E-state index contributed by atoms with van der Waals surface area (Å²) in [5.74, 6) is 1.55. The van der Waals surface area contributed by atoms with E-state index in [2.05, 4.69) is 58.1 Å². The standard InChI is InChI=1S/C23H29N3O2/c1-17-19(20-15-22(27-2)23(28-3)16-21(20)24-17)9-10-25-11-13-26(14-12-25)18-7-5-4-6-8-18/h4-8,15-16,24H,9-14H2,1-3H3/p+1. The van der Waals surface area contributed by atoms with Gasteiger partial charge in [-0.05, 0) is 37.1 Å². The van der Waals surface area contributed by atoms with Gasteiger partial charge in [-0.3, -0.25) is 4.90 Å². The molecule has 1 saturated heterocycles. The summed E-state index contributed by atoms with van der Waals surface area (Å²) in [5.41, 5.74) is 5.05. The van der Waals surface area contributed by atoms with E-state index in [1.54, 1.807) is 14.2 Å². The van der Waals surface area contributed by atoms with Gasteiger partial charge < -0.3 is 19.4 Å². The number of aromatic nitrogens is 1. The van der Waals surface area contributed by atoms with Crippen LogP contribution in [0.15, 0.2) is 42.5 Å². The first-order chi connectivity index (χ1) is 13.7. The summed E-state index contributed by atoms with van der Waals surface area (Å²) in [6.45, 7) is 7.61. The minimum Gasteiger partial charge on any atom is -0.493 e. The first-order valence-electron chi connectivity index (χ1n) is 9.95. The molecule has 2 aromatic carbocycles. The summed E-state index contributed by atoms with van der Waals surface area (Å²) in [6, 6.07) is 14.8. The lowest BCUT2D eigenvalue weighted by Crippen LogP contribution is -2.47. The van der Waals surface area contributed by atoms with Gasteiger partial charge in [0.15, 0.2) is 11.5 Å². The normalized spacial score (nSPS) is 15.2. The third-order valence-corrected chi connectivity index (χ3v) is 5.80. The predicted octanol–water partition coefficient (Wildman–Crippen LogP) is 3.97. The van der Waals surface area contributed by atoms with E-state index in [1.165, 1.54) is 22.3 Å². The third kappa shape index (κ3) is 3.67. The number of fused-ring (bicyclic) bond motifs is 1. The molecule has 0 bridgehead atoms. The second-order valence-corrected chi connectivity index (χ2v) is 7.40. The Morgan fingerprint density at radius 1 is 0.964 bits per heavy atom. The number of hydrogen-bond acceptors (Lipinski definition) is 4. The van der Waals surface area contributed by atoms with Gasteiger partial charge in [0.05, 0.1) is 14.2 Å². The van der Waals surface area contributed by atoms with Gasteiger partial charge in [-0.25, -0.2) is 0 Å². The van der Waals surface area contributed by atoms with E-state index in [1.807, 2.05) is 6.07 Å². The molecule has 4 rings (SSSR count). The largest absolute Gasteiger partial charge is 1.00 e. The average Bonchev–Trinajstić information content (AvgIpc) is 3.06. The van der Waals surface area contributed by atoms with Crippen LogP contribution in [0.3, 0.4) is 0 Å². The van der Waals surface area contributed by atoms with Crippen LogP contribution in [0.4, 0.5) is 5.69 Å². The van der Waals surface area contributed by atoms with E-state index in [0.29, 0.717) is 0 Å². The molecule has 1 N–H and O–H groups in total. The zero-order valence-electron chi connectivity index (χ0n) is 18.0. The maximum Gasteiger partial charge on any atom is 1.00 e. The number of benzene rings is 2. The summed E-state index contributed by atoms with van der Waals surface area (Å²) in [5, 5.41) is 1.23. The average molecular weight is 381 g/mol. The highest BCUT2D eigenvalue weighted by atomic mass is 16.5. The molecule has 0 radical (unpaired) electrons. The Morgan fingerprint density at radius 3 is 2.32 bits per heavy atom. The van der Waals surface area contributed by atoms with Crippen molar-refractivity contribution >= 4 is 16.6 Å². The van der Waals surface area contributed by atoms with Crippen molar-refractivity contribution in [2.75, 3.05) is 51.8 Å². The van der Waals surface area contributed by atoms with Crippen LogP contribution in [-0.4, -0.2) is 56.8 Å². The van der Waals surface area contributed by atoms with E-state index in [-0.39, 0.29) is 1.43 Å². The van der Waals surface area contributed by atoms with Gasteiger partial charge in [0, 0.05) is 61.1 Å². The molecule has 148 valence electrons. The Bertz CT molecular complexity index is 934. The molecular formula is C23H30N3O2+. The van der Waals surface area contributed by atoms with Gasteiger partial charge in [0.25, 0.3) is 0 Å². The molecule has 0 atom stereocenters. The first kappa shape index (κ1) is 18.7. The summed E-state index contributed by atoms with van der Waals surface area (Å²) >= 11 is 0. The molecule has 0 aliphatic carbocycles. The van der Waals surface area contributed by atoms with Crippen LogP contribution in [0.25, 0.3) is 10.9 Å². The van der Waals surface area contributed by atoms with Crippen LogP contribution in [0, 0.1) is 6.92 Å². The van der Waals surface area contributed by atoms with Crippen molar-refractivity contribution in [1.29, 1.82) is 0 Å². The number of anilines is 1. The highest BCUT2D eigenvalue weighted by molar-refractivity contribution is 5.88. The number of aromatic amines is 1. The Kier molecular flexibility index (Phi) is 5.44. The molecule has 5 nitrogen and oxygen atoms in total. The van der Waals surface area contributed by atoms with Crippen molar-refractivity contribution in [3.63, 3.8) is 0 Å². The number of nitrogens with zero attached hydrogens (tertiary/aromatic N) is 2. The summed E-state index contributed by atoms with van der Waals surface area (Å²) in [7, 11) is 3.37. The number of rotatable bonds is 6. The monoisotopic (exact) mass is 380 g/mol. The molecule has 0 unspecified atom stereocenters. The van der Waals surface area contributed by atoms with Crippen molar-refractivity contribution in [3.05, 3.63) is 53.7 Å². The molecule has 1 aliphatic heterocycles. The van der Waals surface area contributed by atoms with Crippen LogP contribution >= 0.6 is 0 Å². The SMILES string of the molecule is COc1cc2[nH]c(C)c(CCN3CCN(c4ccccc4)CC3)c2cc1OC.[H+]. The number of nitrogens with one attached hydrogen (secondary N) is 1. The summed E-state index contributed by atoms with van der Waals surface area (Å²) < 4.78 is 10.9. The van der Waals surface area contributed by atoms with E-state index in [0.717, 1.165) is 56.2 Å². The fraction of sp³-hybridized carbons (Fsp3) is 0.391. The first-order valence-corrected chi connectivity index (χ1v) is 9.95. The van der Waals surface area contributed by atoms with E-state index in [9.17, 15) is 0 Å². The number of methoxy groups -OCH3 is 2. The van der Waals surface area contributed by atoms with Crippen LogP contribution in [0.5, 0.6) is 11.5 Å². The van der Waals surface area contributed by atoms with Crippen molar-refractivity contribution < 1.29 is 10.9 Å². The number of hydrogen-bond donors (Lipinski definition) is 1. The van der Waals surface area contributed by atoms with Gasteiger partial charge in [0.2, 0.25) is 0 Å². The molecule has 1 fully saturated rings. The van der Waals surface area contributed by atoms with Crippen molar-refractivity contribution in [3.8, 4) is 11.5 Å². The molecule has 1 aromatic heterocycles. The zero-order chi connectivity index (χ0) is 19.5. The topological polar surface area (TPSA) is 40.7 Å². The number of para-hydroxylation sites is 1. The second kappa shape index (κ2) is 8.15. The highest BCUT2D eigenvalue weighted by Gasteiger charge is 2.19. The summed E-state index contributed by atoms with van der Waals surface area (Å²) in [6.07, 6.45) is 1.03. The third-order valence-electron chi connectivity index (χ3n) is 5.80. The van der Waals surface area contributed by atoms with E-state index >= 15 is 0 Å². The molecule has 0 amide bonds. The fourth-order valence-corrected chi connectivity index (χ4v) is 4.17. The number of ether oxygens (including phenoxy) is 2. The van der Waals surface area contributed by atoms with Crippen molar-refractivity contribution in [2.24, 2.45) is 0 Å². The smallest absolute Gasteiger partial charge is 0.493 e. The molecule has 5 heteroatoms. The highest BCUT2D eigenvalue weighted by Crippen LogP contribution is 2.34. The van der Waals surface area contributed by atoms with Crippen LogP contribution in [-0.2, 0) is 6.42 Å². The Labute approximate surface area is 168 Å². The molecular weight excluding hydrogens is 350 g/mol. The maximum absolute atomic E-state index is 5.50. The molecule has 0 spiro atoms. The molecule has 2 heterocycles. The molecule has 1 aliphatic rings. The van der Waals surface area contributed by atoms with Crippen LogP contribution in [0.2, 0.25) is 0 Å². The predicted molar refractivity (Wildman–Crippen MR) is 116 cm³/mol. The van der Waals surface area contributed by atoms with Crippen LogP contribution < -0.4 is 14.4 Å². The van der Waals surface area contributed by atoms with Crippen molar-refractivity contribution in [2.45, 2.75) is 13.3 Å². The van der Waals surface area contributed by atoms with Gasteiger partial charge >= 0.3 is 1.43 Å². The number of H-pyrrole nitrogens is 1. The minimum absolute atomic E-state index is 0. The molecule has 28 heavy (non-hydrogen) atoms. The quantitative estimate of drug-likeness (QED) is 0.702. The summed E-state index contributed by atoms with van der Waals surface area (Å²) in [4.78, 5) is 8.55. The lowest BCUT2D eigenvalue weighted by molar-refractivity contribution is 0.261. The Balaban J connectivity index is 0.00000240. The van der Waals surface area contributed by atoms with Gasteiger partial charge in [0.1, 0.15) is 0 Å². The van der Waals surface area contributed by atoms with E-state index in [4.69, 9.17) is 9.47 Å². The minimum atomic E-state index is 0. The molecule has 0 saturated carbocycles. The lowest BCUT2D eigenvalue weighted by atomic mass is 10.1. The number of aryl methyl sites for hydroxylation is 1. The number of piperazine rings is 1. The lowest BCUT2D eigenvalue weighted by Gasteiger charge is -2.36. The Morgan fingerprint density at radius 2 is 1.64 bits per heavy atom. The van der Waals surface area contributed by atoms with Gasteiger partial charge in [-0.2, -0.15) is 0 Å². The fourth-order valence-electron chi connectivity index (χ4n) is 4.17. The van der Waals surface area contributed by atoms with Crippen LogP contribution in [0.1, 0.15) is 12.7 Å².